The van der Waals surface area contributed by atoms with E-state index in [1.54, 1.807) is 24.3 Å². The van der Waals surface area contributed by atoms with Crippen LogP contribution in [0.15, 0.2) is 71.7 Å². The Balaban J connectivity index is 1.80. The molecule has 1 aromatic heterocycles. The molecule has 3 rings (SSSR count). The maximum absolute atomic E-state index is 12.9. The number of carbonyl (C=O) groups is 2. The van der Waals surface area contributed by atoms with Gasteiger partial charge in [0, 0.05) is 23.5 Å². The van der Waals surface area contributed by atoms with Crippen LogP contribution in [0.2, 0.25) is 0 Å². The topological polar surface area (TPSA) is 68.2 Å². The zero-order valence-electron chi connectivity index (χ0n) is 15.9. The highest BCUT2D eigenvalue weighted by Gasteiger charge is 2.30. The largest absolute Gasteiger partial charge is 0.416 e. The van der Waals surface area contributed by atoms with Crippen molar-refractivity contribution in [1.29, 1.82) is 0 Å². The second-order valence-electron chi connectivity index (χ2n) is 6.67. The van der Waals surface area contributed by atoms with Gasteiger partial charge in [0.15, 0.2) is 5.78 Å². The number of halogens is 3. The fraction of sp³-hybridized carbons (Fsp3) is 0.136. The zero-order valence-corrected chi connectivity index (χ0v) is 15.9. The van der Waals surface area contributed by atoms with E-state index in [1.165, 1.54) is 42.0 Å². The first-order chi connectivity index (χ1) is 14.1. The van der Waals surface area contributed by atoms with Gasteiger partial charge in [0.1, 0.15) is 0 Å². The number of Topliss-reactive ketones (excluding diaryl/α,β-unsaturated/α-hetero) is 1. The van der Waals surface area contributed by atoms with Crippen LogP contribution in [0.25, 0.3) is 0 Å². The van der Waals surface area contributed by atoms with Gasteiger partial charge in [0.05, 0.1) is 17.7 Å². The molecule has 30 heavy (non-hydrogen) atoms. The van der Waals surface area contributed by atoms with E-state index in [9.17, 15) is 27.6 Å². The van der Waals surface area contributed by atoms with Gasteiger partial charge in [0.2, 0.25) is 0 Å². The van der Waals surface area contributed by atoms with Crippen LogP contribution in [0.1, 0.15) is 38.8 Å². The monoisotopic (exact) mass is 414 g/mol. The number of aromatic nitrogens is 1. The number of rotatable bonds is 5. The molecule has 1 amide bonds. The van der Waals surface area contributed by atoms with Crippen molar-refractivity contribution in [1.82, 2.24) is 4.57 Å². The van der Waals surface area contributed by atoms with E-state index in [2.05, 4.69) is 5.32 Å². The quantitative estimate of drug-likeness (QED) is 0.631. The molecular formula is C22H17F3N2O3. The third-order valence-corrected chi connectivity index (χ3v) is 4.40. The molecule has 1 heterocycles. The standard InChI is InChI=1S/C22H17F3N2O3/c1-14(28)16-5-8-19(9-6-16)26-21(30)17-7-10-20(29)27(13-17)12-15-3-2-4-18(11-15)22(23,24)25/h2-11,13H,12H2,1H3,(H,26,30). The smallest absolute Gasteiger partial charge is 0.322 e. The summed E-state index contributed by atoms with van der Waals surface area (Å²) in [4.78, 5) is 35.9. The average Bonchev–Trinajstić information content (AvgIpc) is 2.69. The lowest BCUT2D eigenvalue weighted by atomic mass is 10.1. The van der Waals surface area contributed by atoms with E-state index < -0.39 is 23.2 Å². The molecule has 154 valence electrons. The summed E-state index contributed by atoms with van der Waals surface area (Å²) in [5.41, 5.74) is 0.149. The molecule has 0 radical (unpaired) electrons. The van der Waals surface area contributed by atoms with E-state index in [1.807, 2.05) is 0 Å². The Kier molecular flexibility index (Phi) is 5.86. The van der Waals surface area contributed by atoms with E-state index in [0.717, 1.165) is 12.1 Å². The lowest BCUT2D eigenvalue weighted by Gasteiger charge is -2.11. The molecule has 3 aromatic rings. The highest BCUT2D eigenvalue weighted by Crippen LogP contribution is 2.29. The summed E-state index contributed by atoms with van der Waals surface area (Å²) in [5, 5.41) is 2.65. The molecule has 0 bridgehead atoms. The van der Waals surface area contributed by atoms with Gasteiger partial charge in [0.25, 0.3) is 11.5 Å². The van der Waals surface area contributed by atoms with Crippen LogP contribution in [0, 0.1) is 0 Å². The summed E-state index contributed by atoms with van der Waals surface area (Å²) in [7, 11) is 0. The number of nitrogens with zero attached hydrogens (tertiary/aromatic N) is 1. The molecule has 8 heteroatoms. The minimum Gasteiger partial charge on any atom is -0.322 e. The Morgan fingerprint density at radius 3 is 2.27 bits per heavy atom. The fourth-order valence-corrected chi connectivity index (χ4v) is 2.82. The SMILES string of the molecule is CC(=O)c1ccc(NC(=O)c2ccc(=O)n(Cc3cccc(C(F)(F)F)c3)c2)cc1. The van der Waals surface area contributed by atoms with Crippen molar-refractivity contribution >= 4 is 17.4 Å². The Morgan fingerprint density at radius 2 is 1.63 bits per heavy atom. The van der Waals surface area contributed by atoms with Gasteiger partial charge in [-0.2, -0.15) is 13.2 Å². The minimum absolute atomic E-state index is 0.102. The van der Waals surface area contributed by atoms with Crippen molar-refractivity contribution < 1.29 is 22.8 Å². The van der Waals surface area contributed by atoms with Crippen molar-refractivity contribution in [3.8, 4) is 0 Å². The molecule has 1 N–H and O–H groups in total. The molecule has 0 unspecified atom stereocenters. The summed E-state index contributed by atoms with van der Waals surface area (Å²) in [6, 6.07) is 13.5. The molecule has 0 spiro atoms. The van der Waals surface area contributed by atoms with Gasteiger partial charge in [-0.3, -0.25) is 14.4 Å². The number of hydrogen-bond acceptors (Lipinski definition) is 3. The molecule has 0 fully saturated rings. The van der Waals surface area contributed by atoms with E-state index in [0.29, 0.717) is 11.3 Å². The number of nitrogens with one attached hydrogen (secondary N) is 1. The molecule has 0 saturated heterocycles. The molecule has 0 aliphatic heterocycles. The van der Waals surface area contributed by atoms with Crippen molar-refractivity contribution in [2.75, 3.05) is 5.32 Å². The molecule has 0 aliphatic carbocycles. The van der Waals surface area contributed by atoms with Gasteiger partial charge in [-0.15, -0.1) is 0 Å². The number of benzene rings is 2. The first-order valence-corrected chi connectivity index (χ1v) is 8.92. The minimum atomic E-state index is -4.49. The van der Waals surface area contributed by atoms with Crippen LogP contribution in [0.4, 0.5) is 18.9 Å². The molecule has 0 aliphatic rings. The lowest BCUT2D eigenvalue weighted by molar-refractivity contribution is -0.137. The third-order valence-electron chi connectivity index (χ3n) is 4.40. The Bertz CT molecular complexity index is 1150. The predicted molar refractivity (Wildman–Crippen MR) is 106 cm³/mol. The van der Waals surface area contributed by atoms with Crippen LogP contribution in [-0.4, -0.2) is 16.3 Å². The highest BCUT2D eigenvalue weighted by molar-refractivity contribution is 6.04. The van der Waals surface area contributed by atoms with Crippen LogP contribution in [-0.2, 0) is 12.7 Å². The van der Waals surface area contributed by atoms with E-state index >= 15 is 0 Å². The Labute approximate surface area is 169 Å². The van der Waals surface area contributed by atoms with Crippen molar-refractivity contribution in [2.45, 2.75) is 19.6 Å². The maximum Gasteiger partial charge on any atom is 0.416 e. The normalized spacial score (nSPS) is 11.2. The van der Waals surface area contributed by atoms with Crippen LogP contribution in [0.5, 0.6) is 0 Å². The Morgan fingerprint density at radius 1 is 0.967 bits per heavy atom. The van der Waals surface area contributed by atoms with E-state index in [-0.39, 0.29) is 23.5 Å². The number of amides is 1. The van der Waals surface area contributed by atoms with Gasteiger partial charge >= 0.3 is 6.18 Å². The first kappa shape index (κ1) is 21.0. The van der Waals surface area contributed by atoms with Gasteiger partial charge in [-0.1, -0.05) is 12.1 Å². The molecule has 0 atom stereocenters. The summed E-state index contributed by atoms with van der Waals surface area (Å²) in [6.45, 7) is 1.32. The van der Waals surface area contributed by atoms with Crippen molar-refractivity contribution in [3.05, 3.63) is 99.5 Å². The molecular weight excluding hydrogens is 397 g/mol. The second kappa shape index (κ2) is 8.36. The molecule has 2 aromatic carbocycles. The van der Waals surface area contributed by atoms with Crippen LogP contribution < -0.4 is 10.9 Å². The lowest BCUT2D eigenvalue weighted by Crippen LogP contribution is -2.22. The number of ketones is 1. The van der Waals surface area contributed by atoms with Crippen molar-refractivity contribution in [3.63, 3.8) is 0 Å². The van der Waals surface area contributed by atoms with Gasteiger partial charge in [-0.05, 0) is 55.0 Å². The summed E-state index contributed by atoms with van der Waals surface area (Å²) in [5.74, 6) is -0.599. The predicted octanol–water partition coefficient (Wildman–Crippen LogP) is 4.37. The van der Waals surface area contributed by atoms with Crippen molar-refractivity contribution in [2.24, 2.45) is 0 Å². The third kappa shape index (κ3) is 5.02. The van der Waals surface area contributed by atoms with E-state index in [4.69, 9.17) is 0 Å². The number of carbonyl (C=O) groups excluding carboxylic acids is 2. The first-order valence-electron chi connectivity index (χ1n) is 8.92. The molecule has 0 saturated carbocycles. The number of alkyl halides is 3. The van der Waals surface area contributed by atoms with Gasteiger partial charge in [-0.25, -0.2) is 0 Å². The number of pyridine rings is 1. The Hall–Kier alpha value is -3.68. The summed E-state index contributed by atoms with van der Waals surface area (Å²) in [6.07, 6.45) is -3.19. The average molecular weight is 414 g/mol. The second-order valence-corrected chi connectivity index (χ2v) is 6.67. The number of hydrogen-bond donors (Lipinski definition) is 1. The van der Waals surface area contributed by atoms with Gasteiger partial charge < -0.3 is 9.88 Å². The summed E-state index contributed by atoms with van der Waals surface area (Å²) < 4.78 is 39.8. The van der Waals surface area contributed by atoms with Crippen LogP contribution >= 0.6 is 0 Å². The fourth-order valence-electron chi connectivity index (χ4n) is 2.82. The maximum atomic E-state index is 12.9. The molecule has 5 nitrogen and oxygen atoms in total. The summed E-state index contributed by atoms with van der Waals surface area (Å²) >= 11 is 0. The highest BCUT2D eigenvalue weighted by atomic mass is 19.4. The number of anilines is 1. The van der Waals surface area contributed by atoms with Crippen LogP contribution in [0.3, 0.4) is 0 Å². The zero-order chi connectivity index (χ0) is 21.9.